The fraction of sp³-hybridized carbons (Fsp3) is 0.472. The number of hydrogen-bond acceptors (Lipinski definition) is 0. The molecular formula is C125H174. The third kappa shape index (κ3) is 32.3. The van der Waals surface area contributed by atoms with E-state index in [2.05, 4.69) is 463 Å². The smallest absolute Gasteiger partial charge is 0.0347 e. The van der Waals surface area contributed by atoms with Crippen LogP contribution in [-0.2, 0) is 21.7 Å². The van der Waals surface area contributed by atoms with Gasteiger partial charge in [0, 0.05) is 1.37 Å². The van der Waals surface area contributed by atoms with Crippen molar-refractivity contribution in [2.24, 2.45) is 0 Å². The number of benzene rings is 11. The molecule has 674 valence electrons. The Labute approximate surface area is 770 Å². The molecule has 0 heterocycles. The van der Waals surface area contributed by atoms with Crippen LogP contribution < -0.4 is 0 Å². The van der Waals surface area contributed by atoms with Gasteiger partial charge in [-0.25, -0.2) is 0 Å². The van der Waals surface area contributed by atoms with Crippen molar-refractivity contribution in [3.63, 3.8) is 0 Å². The lowest BCUT2D eigenvalue weighted by atomic mass is 9.70. The molecule has 2 fully saturated rings. The molecule has 0 unspecified atom stereocenters. The van der Waals surface area contributed by atoms with E-state index in [0.29, 0.717) is 53.3 Å². The predicted octanol–water partition coefficient (Wildman–Crippen LogP) is 39.3. The maximum absolute atomic E-state index is 8.01. The lowest BCUT2D eigenvalue weighted by Crippen LogP contribution is -2.24. The first kappa shape index (κ1) is 103. The molecule has 0 amide bonds. The van der Waals surface area contributed by atoms with Gasteiger partial charge >= 0.3 is 0 Å². The Kier molecular flexibility index (Phi) is 41.6. The molecule has 2 saturated carbocycles. The van der Waals surface area contributed by atoms with Crippen molar-refractivity contribution in [3.05, 3.63) is 355 Å². The second-order valence-electron chi connectivity index (χ2n) is 43.0. The highest BCUT2D eigenvalue weighted by molar-refractivity contribution is 5.79. The van der Waals surface area contributed by atoms with Gasteiger partial charge in [0.05, 0.1) is 0 Å². The highest BCUT2D eigenvalue weighted by atomic mass is 14.4. The minimum absolute atomic E-state index is 0.181. The Bertz CT molecular complexity index is 4720. The topological polar surface area (TPSA) is 0 Å². The average Bonchev–Trinajstić information content (AvgIpc) is 0.756. The van der Waals surface area contributed by atoms with E-state index in [1.165, 1.54) is 164 Å². The monoisotopic (exact) mass is 1680 g/mol. The molecule has 2 aliphatic rings. The summed E-state index contributed by atoms with van der Waals surface area (Å²) in [7, 11) is 0. The maximum atomic E-state index is 8.01. The summed E-state index contributed by atoms with van der Waals surface area (Å²) in [5.41, 5.74) is 34.1. The summed E-state index contributed by atoms with van der Waals surface area (Å²) in [6, 6.07) is 93.6. The van der Waals surface area contributed by atoms with Crippen LogP contribution in [0.3, 0.4) is 0 Å². The van der Waals surface area contributed by atoms with Gasteiger partial charge in [-0.15, -0.1) is 0 Å². The molecule has 0 atom stereocenters. The predicted molar refractivity (Wildman–Crippen MR) is 560 cm³/mol. The third-order valence-electron chi connectivity index (χ3n) is 25.2. The Morgan fingerprint density at radius 1 is 0.232 bits per heavy atom. The molecule has 0 aromatic heterocycles. The summed E-state index contributed by atoms with van der Waals surface area (Å²) in [4.78, 5) is 0. The molecule has 2 aliphatic carbocycles. The van der Waals surface area contributed by atoms with Crippen LogP contribution in [0, 0.1) is 6.92 Å². The number of rotatable bonds is 15. The third-order valence-corrected chi connectivity index (χ3v) is 25.2. The molecule has 0 aliphatic heterocycles. The molecule has 0 radical (unpaired) electrons. The van der Waals surface area contributed by atoms with Gasteiger partial charge in [0.1, 0.15) is 0 Å². The summed E-state index contributed by atoms with van der Waals surface area (Å²) < 4.78 is 8.01. The molecule has 0 N–H and O–H groups in total. The van der Waals surface area contributed by atoms with E-state index in [1.807, 2.05) is 26.0 Å². The van der Waals surface area contributed by atoms with E-state index >= 15 is 0 Å². The zero-order chi connectivity index (χ0) is 93.6. The number of hydrogen-bond donors (Lipinski definition) is 0. The maximum Gasteiger partial charge on any atom is 0.0347 e. The van der Waals surface area contributed by atoms with E-state index in [1.54, 1.807) is 22.3 Å². The van der Waals surface area contributed by atoms with Crippen molar-refractivity contribution in [2.45, 2.75) is 385 Å². The first-order valence-corrected chi connectivity index (χ1v) is 48.7. The molecule has 0 saturated heterocycles. The molecule has 0 heteroatoms. The van der Waals surface area contributed by atoms with Crippen molar-refractivity contribution >= 4 is 0 Å². The van der Waals surface area contributed by atoms with Gasteiger partial charge in [-0.05, 0) is 253 Å². The molecule has 13 rings (SSSR count). The van der Waals surface area contributed by atoms with E-state index in [4.69, 9.17) is 1.37 Å². The second-order valence-corrected chi connectivity index (χ2v) is 43.0. The first-order valence-electron chi connectivity index (χ1n) is 49.2. The minimum atomic E-state index is -0.485. The molecule has 11 aromatic rings. The fourth-order valence-electron chi connectivity index (χ4n) is 18.5. The van der Waals surface area contributed by atoms with E-state index in [0.717, 1.165) is 17.4 Å². The van der Waals surface area contributed by atoms with Crippen molar-refractivity contribution in [1.82, 2.24) is 0 Å². The Morgan fingerprint density at radius 3 is 0.816 bits per heavy atom. The quantitative estimate of drug-likeness (QED) is 0.0960. The number of aryl methyl sites for hydroxylation is 1. The van der Waals surface area contributed by atoms with E-state index in [9.17, 15) is 0 Å². The van der Waals surface area contributed by atoms with Crippen LogP contribution in [0.25, 0.3) is 33.4 Å². The fourth-order valence-corrected chi connectivity index (χ4v) is 18.5. The van der Waals surface area contributed by atoms with Gasteiger partial charge in [-0.2, -0.15) is 0 Å². The van der Waals surface area contributed by atoms with Crippen molar-refractivity contribution in [1.29, 1.82) is 0 Å². The van der Waals surface area contributed by atoms with Crippen LogP contribution in [0.1, 0.15) is 453 Å². The second kappa shape index (κ2) is 50.2. The average molecular weight is 1680 g/mol. The van der Waals surface area contributed by atoms with Crippen LogP contribution in [-0.4, -0.2) is 0 Å². The van der Waals surface area contributed by atoms with Crippen LogP contribution >= 0.6 is 0 Å². The van der Waals surface area contributed by atoms with Gasteiger partial charge in [-0.3, -0.25) is 0 Å². The molecular weight excluding hydrogens is 1500 g/mol. The summed E-state index contributed by atoms with van der Waals surface area (Å²) >= 11 is 0. The summed E-state index contributed by atoms with van der Waals surface area (Å²) in [6.07, 6.45) is 14.4. The van der Waals surface area contributed by atoms with Gasteiger partial charge in [-0.1, -0.05) is 521 Å². The van der Waals surface area contributed by atoms with Gasteiger partial charge < -0.3 is 0 Å². The largest absolute Gasteiger partial charge is 0.0622 e. The van der Waals surface area contributed by atoms with Gasteiger partial charge in [0.2, 0.25) is 0 Å². The summed E-state index contributed by atoms with van der Waals surface area (Å²) in [5, 5.41) is 0. The minimum Gasteiger partial charge on any atom is -0.0622 e. The van der Waals surface area contributed by atoms with E-state index < -0.39 is 5.89 Å². The molecule has 0 bridgehead atoms. The molecule has 0 spiro atoms. The lowest BCUT2D eigenvalue weighted by molar-refractivity contribution is 0.429. The van der Waals surface area contributed by atoms with Crippen LogP contribution in [0.15, 0.2) is 261 Å². The van der Waals surface area contributed by atoms with Crippen LogP contribution in [0.4, 0.5) is 0 Å². The van der Waals surface area contributed by atoms with Crippen molar-refractivity contribution < 1.29 is 1.37 Å². The van der Waals surface area contributed by atoms with Gasteiger partial charge in [0.15, 0.2) is 0 Å². The first-order chi connectivity index (χ1) is 59.2. The van der Waals surface area contributed by atoms with Crippen molar-refractivity contribution in [2.75, 3.05) is 0 Å². The SMILES string of the molecule is CC(C)c1c(-c2ccccc2)cccc1-c1ccccc1.CC(C)c1c(C(C)(C)C)cc(C(C)(C)C)cc1C(C)(C)C.CC(C)c1c(C2CCCCC2)cccc1C1CCCCC1.CC(C)c1ccccc1-c1ccccc1.CC(C)c1ccccc1C(C)(C)C.CC(C)c1ccccc1C(C)C.Cc1ccccc1C(C)C.[2H]C(C)(C)c1ccccc1C(C)C. The van der Waals surface area contributed by atoms with Crippen LogP contribution in [0.5, 0.6) is 0 Å². The van der Waals surface area contributed by atoms with Crippen LogP contribution in [0.2, 0.25) is 0 Å². The zero-order valence-corrected chi connectivity index (χ0v) is 85.2. The molecule has 11 aromatic carbocycles. The normalized spacial score (nSPS) is 13.5. The Balaban J connectivity index is 0.000000225. The van der Waals surface area contributed by atoms with Crippen molar-refractivity contribution in [3.8, 4) is 33.4 Å². The highest BCUT2D eigenvalue weighted by Gasteiger charge is 2.31. The van der Waals surface area contributed by atoms with Gasteiger partial charge in [0.25, 0.3) is 0 Å². The molecule has 125 heavy (non-hydrogen) atoms. The lowest BCUT2D eigenvalue weighted by Gasteiger charge is -2.35. The Morgan fingerprint density at radius 2 is 0.512 bits per heavy atom. The Hall–Kier alpha value is -8.58. The summed E-state index contributed by atoms with van der Waals surface area (Å²) in [6.45, 7) is 74.7. The van der Waals surface area contributed by atoms with E-state index in [-0.39, 0.29) is 21.7 Å². The summed E-state index contributed by atoms with van der Waals surface area (Å²) in [5.74, 6) is 6.56. The molecule has 0 nitrogen and oxygen atoms in total. The zero-order valence-electron chi connectivity index (χ0n) is 86.2. The standard InChI is InChI=1S/C21H32.C21H20.C21H36.C15H16.C13H20.2C12H18.C10H14/c2*1-16(2)21-19(17-10-5-3-6-11-17)14-9-15-20(21)18-12-7-4-8-13-18;1-14(2)18-16(20(6,7)8)12-15(19(3,4)5)13-17(18)21(9,10)11;1-12(2)14-10-6-7-11-15(14)13-8-4-3-5-9-13;1-10(2)11-8-6-7-9-12(11)13(3,4)5;2*1-9(2)11-7-5-6-8-12(11)10(3)4;1-8(2)10-7-5-4-6-9(10)3/h9,14-18H,3-8,10-13H2,1-2H3;3-16H,1-2H3;12-14H,1-11H3;3-12H,1-2H3;6-10H,1-5H3;2*5-10H,1-4H3;4-8H,1-3H3/i;;;;;9D;;. The highest BCUT2D eigenvalue weighted by Crippen LogP contribution is 2.46.